The van der Waals surface area contributed by atoms with Gasteiger partial charge in [-0.1, -0.05) is 84.9 Å². The van der Waals surface area contributed by atoms with Crippen LogP contribution in [0.2, 0.25) is 0 Å². The van der Waals surface area contributed by atoms with E-state index >= 15 is 0 Å². The van der Waals surface area contributed by atoms with Gasteiger partial charge < -0.3 is 0 Å². The first-order chi connectivity index (χ1) is 13.2. The number of hydrogen-bond donors (Lipinski definition) is 0. The zero-order valence-corrected chi connectivity index (χ0v) is 14.3. The molecule has 128 valence electrons. The van der Waals surface area contributed by atoms with Crippen LogP contribution in [0.15, 0.2) is 106 Å². The average Bonchev–Trinajstić information content (AvgIpc) is 3.15. The standard InChI is InChI=1S/C23H14N2O2/c26-21-17-13-7-8-14-18(17)22(27)20-19(21)23(25-24-20,15-9-3-1-4-10-15)16-11-5-2-6-12-16/h1-14H. The van der Waals surface area contributed by atoms with E-state index in [9.17, 15) is 9.59 Å². The van der Waals surface area contributed by atoms with E-state index in [1.165, 1.54) is 0 Å². The van der Waals surface area contributed by atoms with Crippen LogP contribution in [0.1, 0.15) is 31.8 Å². The number of rotatable bonds is 2. The largest absolute Gasteiger partial charge is 0.289 e. The number of carbonyl (C=O) groups excluding carboxylic acids is 2. The van der Waals surface area contributed by atoms with Crippen molar-refractivity contribution in [2.24, 2.45) is 10.2 Å². The average molecular weight is 350 g/mol. The first kappa shape index (κ1) is 15.6. The number of benzene rings is 3. The molecule has 5 rings (SSSR count). The summed E-state index contributed by atoms with van der Waals surface area (Å²) in [6.07, 6.45) is 0. The van der Waals surface area contributed by atoms with Crippen molar-refractivity contribution >= 4 is 11.6 Å². The highest BCUT2D eigenvalue weighted by Gasteiger charge is 2.51. The number of azo groups is 1. The van der Waals surface area contributed by atoms with Crippen LogP contribution in [0.5, 0.6) is 0 Å². The highest BCUT2D eigenvalue weighted by atomic mass is 16.1. The summed E-state index contributed by atoms with van der Waals surface area (Å²) in [6.45, 7) is 0. The van der Waals surface area contributed by atoms with E-state index in [1.807, 2.05) is 60.7 Å². The van der Waals surface area contributed by atoms with E-state index in [1.54, 1.807) is 24.3 Å². The normalized spacial score (nSPS) is 17.0. The molecule has 0 N–H and O–H groups in total. The van der Waals surface area contributed by atoms with E-state index in [4.69, 9.17) is 0 Å². The lowest BCUT2D eigenvalue weighted by Crippen LogP contribution is -2.34. The number of Topliss-reactive ketones (excluding diaryl/α,β-unsaturated/α-hetero) is 2. The van der Waals surface area contributed by atoms with Gasteiger partial charge in [0.15, 0.2) is 11.3 Å². The Morgan fingerprint density at radius 2 is 1.07 bits per heavy atom. The number of carbonyl (C=O) groups is 2. The minimum Gasteiger partial charge on any atom is -0.289 e. The predicted octanol–water partition coefficient (Wildman–Crippen LogP) is 4.73. The SMILES string of the molecule is O=C1C2=C(C(=O)c3ccccc31)C(c1ccccc1)(c1ccccc1)N=N2. The molecule has 0 aromatic heterocycles. The van der Waals surface area contributed by atoms with Crippen LogP contribution in [0.4, 0.5) is 0 Å². The zero-order chi connectivity index (χ0) is 18.4. The molecule has 0 radical (unpaired) electrons. The van der Waals surface area contributed by atoms with Crippen molar-refractivity contribution in [3.05, 3.63) is 118 Å². The molecule has 0 bridgehead atoms. The van der Waals surface area contributed by atoms with Crippen molar-refractivity contribution in [3.63, 3.8) is 0 Å². The molecule has 0 saturated carbocycles. The monoisotopic (exact) mass is 350 g/mol. The van der Waals surface area contributed by atoms with Gasteiger partial charge in [-0.2, -0.15) is 5.11 Å². The van der Waals surface area contributed by atoms with Gasteiger partial charge in [-0.25, -0.2) is 0 Å². The molecule has 3 aromatic carbocycles. The second-order valence-electron chi connectivity index (χ2n) is 6.57. The number of nitrogens with zero attached hydrogens (tertiary/aromatic N) is 2. The van der Waals surface area contributed by atoms with Gasteiger partial charge >= 0.3 is 0 Å². The Labute approximate surface area is 155 Å². The van der Waals surface area contributed by atoms with Crippen molar-refractivity contribution < 1.29 is 9.59 Å². The number of fused-ring (bicyclic) bond motifs is 1. The van der Waals surface area contributed by atoms with E-state index in [-0.39, 0.29) is 17.3 Å². The van der Waals surface area contributed by atoms with Crippen LogP contribution in [0.3, 0.4) is 0 Å². The Balaban J connectivity index is 1.84. The molecule has 3 aromatic rings. The van der Waals surface area contributed by atoms with Crippen molar-refractivity contribution in [3.8, 4) is 0 Å². The molecule has 0 spiro atoms. The van der Waals surface area contributed by atoms with E-state index in [0.717, 1.165) is 11.1 Å². The van der Waals surface area contributed by atoms with Gasteiger partial charge in [-0.15, -0.1) is 5.11 Å². The summed E-state index contributed by atoms with van der Waals surface area (Å²) >= 11 is 0. The highest BCUT2D eigenvalue weighted by Crippen LogP contribution is 2.49. The highest BCUT2D eigenvalue weighted by molar-refractivity contribution is 6.28. The molecule has 0 saturated heterocycles. The van der Waals surface area contributed by atoms with Crippen LogP contribution >= 0.6 is 0 Å². The summed E-state index contributed by atoms with van der Waals surface area (Å²) in [5.74, 6) is -0.449. The Morgan fingerprint density at radius 3 is 1.63 bits per heavy atom. The number of ketones is 2. The van der Waals surface area contributed by atoms with Gasteiger partial charge in [-0.05, 0) is 11.1 Å². The Morgan fingerprint density at radius 1 is 0.593 bits per heavy atom. The van der Waals surface area contributed by atoms with Gasteiger partial charge in [0.05, 0.1) is 5.57 Å². The summed E-state index contributed by atoms with van der Waals surface area (Å²) in [7, 11) is 0. The Kier molecular flexibility index (Phi) is 3.28. The van der Waals surface area contributed by atoms with Crippen molar-refractivity contribution in [1.82, 2.24) is 0 Å². The molecule has 4 heteroatoms. The molecule has 0 atom stereocenters. The van der Waals surface area contributed by atoms with Gasteiger partial charge in [0.2, 0.25) is 5.78 Å². The maximum absolute atomic E-state index is 13.5. The van der Waals surface area contributed by atoms with Crippen molar-refractivity contribution in [1.29, 1.82) is 0 Å². The van der Waals surface area contributed by atoms with Crippen LogP contribution in [0, 0.1) is 0 Å². The molecule has 4 nitrogen and oxygen atoms in total. The molecular weight excluding hydrogens is 336 g/mol. The summed E-state index contributed by atoms with van der Waals surface area (Å²) in [5, 5.41) is 8.77. The predicted molar refractivity (Wildman–Crippen MR) is 101 cm³/mol. The third kappa shape index (κ3) is 2.04. The molecule has 27 heavy (non-hydrogen) atoms. The molecule has 0 fully saturated rings. The van der Waals surface area contributed by atoms with Crippen molar-refractivity contribution in [2.75, 3.05) is 0 Å². The summed E-state index contributed by atoms with van der Waals surface area (Å²) in [4.78, 5) is 26.5. The first-order valence-corrected chi connectivity index (χ1v) is 8.70. The number of hydrogen-bond acceptors (Lipinski definition) is 4. The molecule has 0 amide bonds. The smallest absolute Gasteiger partial charge is 0.214 e. The lowest BCUT2D eigenvalue weighted by atomic mass is 9.71. The Bertz CT molecular complexity index is 1110. The summed E-state index contributed by atoms with van der Waals surface area (Å²) in [5.41, 5.74) is 1.78. The van der Waals surface area contributed by atoms with E-state index in [2.05, 4.69) is 10.2 Å². The zero-order valence-electron chi connectivity index (χ0n) is 14.3. The van der Waals surface area contributed by atoms with Gasteiger partial charge in [0.25, 0.3) is 0 Å². The van der Waals surface area contributed by atoms with E-state index in [0.29, 0.717) is 16.7 Å². The molecule has 0 unspecified atom stereocenters. The van der Waals surface area contributed by atoms with Crippen LogP contribution in [-0.4, -0.2) is 11.6 Å². The molecule has 1 aliphatic heterocycles. The van der Waals surface area contributed by atoms with Gasteiger partial charge in [0, 0.05) is 11.1 Å². The van der Waals surface area contributed by atoms with Crippen molar-refractivity contribution in [2.45, 2.75) is 5.54 Å². The number of allylic oxidation sites excluding steroid dienone is 1. The second kappa shape index (κ2) is 5.68. The maximum Gasteiger partial charge on any atom is 0.214 e. The first-order valence-electron chi connectivity index (χ1n) is 8.70. The quantitative estimate of drug-likeness (QED) is 0.671. The fraction of sp³-hybridized carbons (Fsp3) is 0.0435. The van der Waals surface area contributed by atoms with Crippen LogP contribution in [-0.2, 0) is 5.54 Å². The minimum atomic E-state index is -1.11. The molecule has 1 aliphatic carbocycles. The molecule has 1 heterocycles. The minimum absolute atomic E-state index is 0.145. The summed E-state index contributed by atoms with van der Waals surface area (Å²) < 4.78 is 0. The third-order valence-electron chi connectivity index (χ3n) is 5.14. The fourth-order valence-electron chi connectivity index (χ4n) is 3.90. The topological polar surface area (TPSA) is 58.9 Å². The van der Waals surface area contributed by atoms with Gasteiger partial charge in [-0.3, -0.25) is 9.59 Å². The third-order valence-corrected chi connectivity index (χ3v) is 5.14. The van der Waals surface area contributed by atoms with E-state index < -0.39 is 5.54 Å². The lowest BCUT2D eigenvalue weighted by molar-refractivity contribution is 0.0969. The Hall–Kier alpha value is -3.66. The summed E-state index contributed by atoms with van der Waals surface area (Å²) in [6, 6.07) is 26.0. The molecular formula is C23H14N2O2. The lowest BCUT2D eigenvalue weighted by Gasteiger charge is -2.30. The second-order valence-corrected chi connectivity index (χ2v) is 6.57. The van der Waals surface area contributed by atoms with Gasteiger partial charge in [0.1, 0.15) is 5.70 Å². The maximum atomic E-state index is 13.5. The fourth-order valence-corrected chi connectivity index (χ4v) is 3.90. The van der Waals surface area contributed by atoms with Crippen LogP contribution < -0.4 is 0 Å². The van der Waals surface area contributed by atoms with Crippen LogP contribution in [0.25, 0.3) is 0 Å². The molecule has 2 aliphatic rings.